The molecule has 0 aliphatic rings. The Kier molecular flexibility index (Phi) is 5.66. The van der Waals surface area contributed by atoms with Crippen molar-refractivity contribution in [2.24, 2.45) is 5.73 Å². The second-order valence-corrected chi connectivity index (χ2v) is 4.74. The van der Waals surface area contributed by atoms with Crippen molar-refractivity contribution in [1.82, 2.24) is 10.6 Å². The number of thiophene rings is 1. The van der Waals surface area contributed by atoms with Crippen LogP contribution < -0.4 is 16.4 Å². The van der Waals surface area contributed by atoms with E-state index in [1.807, 2.05) is 0 Å². The van der Waals surface area contributed by atoms with E-state index in [2.05, 4.69) is 10.6 Å². The number of aliphatic carboxylic acids is 1. The lowest BCUT2D eigenvalue weighted by molar-refractivity contribution is -0.143. The van der Waals surface area contributed by atoms with Crippen molar-refractivity contribution in [1.29, 1.82) is 0 Å². The van der Waals surface area contributed by atoms with E-state index in [1.54, 1.807) is 17.5 Å². The summed E-state index contributed by atoms with van der Waals surface area (Å²) in [7, 11) is 0. The second kappa shape index (κ2) is 7.24. The molecule has 0 aromatic carbocycles. The molecular weight excluding hydrogens is 286 g/mol. The highest BCUT2D eigenvalue weighted by Gasteiger charge is 2.22. The fourth-order valence-electron chi connectivity index (χ4n) is 1.30. The Morgan fingerprint density at radius 3 is 2.55 bits per heavy atom. The Bertz CT molecular complexity index is 514. The number of nitrogens with one attached hydrogen (secondary N) is 2. The molecule has 108 valence electrons. The SMILES string of the molecule is NC(=O)C[C@@H](NC(=O)CNC(=O)c1cccs1)C(=O)O. The number of carbonyl (C=O) groups is 4. The number of nitrogens with two attached hydrogens (primary N) is 1. The summed E-state index contributed by atoms with van der Waals surface area (Å²) >= 11 is 1.21. The second-order valence-electron chi connectivity index (χ2n) is 3.79. The van der Waals surface area contributed by atoms with Crippen LogP contribution in [0.1, 0.15) is 16.1 Å². The zero-order valence-corrected chi connectivity index (χ0v) is 11.1. The Labute approximate surface area is 118 Å². The lowest BCUT2D eigenvalue weighted by atomic mass is 10.2. The van der Waals surface area contributed by atoms with E-state index in [0.717, 1.165) is 0 Å². The number of hydrogen-bond acceptors (Lipinski definition) is 5. The van der Waals surface area contributed by atoms with Crippen molar-refractivity contribution >= 4 is 35.0 Å². The van der Waals surface area contributed by atoms with E-state index in [1.165, 1.54) is 11.3 Å². The smallest absolute Gasteiger partial charge is 0.326 e. The Hall–Kier alpha value is -2.42. The molecule has 20 heavy (non-hydrogen) atoms. The molecule has 3 amide bonds. The quantitative estimate of drug-likeness (QED) is 0.507. The minimum Gasteiger partial charge on any atom is -0.480 e. The lowest BCUT2D eigenvalue weighted by Gasteiger charge is -2.12. The number of primary amides is 1. The fraction of sp³-hybridized carbons (Fsp3) is 0.273. The summed E-state index contributed by atoms with van der Waals surface area (Å²) in [6.45, 7) is -0.390. The maximum absolute atomic E-state index is 11.5. The molecule has 9 heteroatoms. The molecule has 0 radical (unpaired) electrons. The van der Waals surface area contributed by atoms with Crippen LogP contribution in [0.5, 0.6) is 0 Å². The van der Waals surface area contributed by atoms with E-state index >= 15 is 0 Å². The third kappa shape index (κ3) is 5.06. The largest absolute Gasteiger partial charge is 0.480 e. The summed E-state index contributed by atoms with van der Waals surface area (Å²) in [6.07, 6.45) is -0.514. The molecule has 5 N–H and O–H groups in total. The molecule has 8 nitrogen and oxygen atoms in total. The Balaban J connectivity index is 2.44. The molecular formula is C11H13N3O5S. The predicted molar refractivity (Wildman–Crippen MR) is 70.0 cm³/mol. The average molecular weight is 299 g/mol. The van der Waals surface area contributed by atoms with Crippen LogP contribution in [-0.4, -0.2) is 41.4 Å². The number of rotatable bonds is 7. The van der Waals surface area contributed by atoms with Gasteiger partial charge in [0.2, 0.25) is 11.8 Å². The van der Waals surface area contributed by atoms with Gasteiger partial charge in [0.05, 0.1) is 17.8 Å². The highest BCUT2D eigenvalue weighted by atomic mass is 32.1. The first-order chi connectivity index (χ1) is 9.40. The molecule has 0 bridgehead atoms. The van der Waals surface area contributed by atoms with Gasteiger partial charge in [-0.2, -0.15) is 0 Å². The molecule has 0 fully saturated rings. The van der Waals surface area contributed by atoms with Crippen LogP contribution in [0.2, 0.25) is 0 Å². The van der Waals surface area contributed by atoms with E-state index < -0.39 is 36.2 Å². The van der Waals surface area contributed by atoms with Crippen molar-refractivity contribution in [3.05, 3.63) is 22.4 Å². The molecule has 0 saturated carbocycles. The molecule has 1 rings (SSSR count). The molecule has 0 aliphatic heterocycles. The van der Waals surface area contributed by atoms with Gasteiger partial charge in [0.15, 0.2) is 0 Å². The Morgan fingerprint density at radius 2 is 2.05 bits per heavy atom. The summed E-state index contributed by atoms with van der Waals surface area (Å²) < 4.78 is 0. The van der Waals surface area contributed by atoms with Gasteiger partial charge in [0.1, 0.15) is 6.04 Å². The van der Waals surface area contributed by atoms with Gasteiger partial charge in [-0.1, -0.05) is 6.07 Å². The van der Waals surface area contributed by atoms with Gasteiger partial charge >= 0.3 is 5.97 Å². The van der Waals surface area contributed by atoms with E-state index in [0.29, 0.717) is 4.88 Å². The van der Waals surface area contributed by atoms with Crippen LogP contribution in [-0.2, 0) is 14.4 Å². The van der Waals surface area contributed by atoms with Crippen molar-refractivity contribution in [3.63, 3.8) is 0 Å². The van der Waals surface area contributed by atoms with Crippen LogP contribution in [0.3, 0.4) is 0 Å². The van der Waals surface area contributed by atoms with Gasteiger partial charge in [0.25, 0.3) is 5.91 Å². The summed E-state index contributed by atoms with van der Waals surface area (Å²) in [4.78, 5) is 44.9. The highest BCUT2D eigenvalue weighted by Crippen LogP contribution is 2.07. The van der Waals surface area contributed by atoms with Gasteiger partial charge in [0, 0.05) is 0 Å². The maximum atomic E-state index is 11.5. The molecule has 0 spiro atoms. The van der Waals surface area contributed by atoms with Crippen molar-refractivity contribution < 1.29 is 24.3 Å². The maximum Gasteiger partial charge on any atom is 0.326 e. The Morgan fingerprint density at radius 1 is 1.35 bits per heavy atom. The summed E-state index contributed by atoms with van der Waals surface area (Å²) in [5, 5.41) is 14.9. The highest BCUT2D eigenvalue weighted by molar-refractivity contribution is 7.12. The predicted octanol–water partition coefficient (Wildman–Crippen LogP) is -1.08. The molecule has 0 saturated heterocycles. The lowest BCUT2D eigenvalue weighted by Crippen LogP contribution is -2.47. The van der Waals surface area contributed by atoms with Crippen molar-refractivity contribution in [2.45, 2.75) is 12.5 Å². The number of amides is 3. The normalized spacial score (nSPS) is 11.4. The fourth-order valence-corrected chi connectivity index (χ4v) is 1.94. The van der Waals surface area contributed by atoms with Crippen molar-refractivity contribution in [2.75, 3.05) is 6.54 Å². The average Bonchev–Trinajstić information content (AvgIpc) is 2.88. The molecule has 0 unspecified atom stereocenters. The number of carbonyl (C=O) groups excluding carboxylic acids is 3. The van der Waals surface area contributed by atoms with Crippen molar-refractivity contribution in [3.8, 4) is 0 Å². The standard InChI is InChI=1S/C11H13N3O5S/c12-8(15)4-6(11(18)19)14-9(16)5-13-10(17)7-2-1-3-20-7/h1-3,6H,4-5H2,(H2,12,15)(H,13,17)(H,14,16)(H,18,19)/t6-/m1/s1. The molecule has 1 heterocycles. The van der Waals surface area contributed by atoms with E-state index in [4.69, 9.17) is 10.8 Å². The van der Waals surface area contributed by atoms with Gasteiger partial charge < -0.3 is 21.5 Å². The monoisotopic (exact) mass is 299 g/mol. The summed E-state index contributed by atoms with van der Waals surface area (Å²) in [5.74, 6) is -3.37. The summed E-state index contributed by atoms with van der Waals surface area (Å²) in [5.41, 5.74) is 4.87. The van der Waals surface area contributed by atoms with E-state index in [9.17, 15) is 19.2 Å². The molecule has 1 aromatic heterocycles. The van der Waals surface area contributed by atoms with Gasteiger partial charge in [-0.3, -0.25) is 14.4 Å². The van der Waals surface area contributed by atoms with Crippen LogP contribution in [0.4, 0.5) is 0 Å². The first kappa shape index (κ1) is 15.6. The van der Waals surface area contributed by atoms with E-state index in [-0.39, 0.29) is 6.54 Å². The van der Waals surface area contributed by atoms with Crippen LogP contribution in [0.25, 0.3) is 0 Å². The topological polar surface area (TPSA) is 139 Å². The zero-order chi connectivity index (χ0) is 15.1. The number of carboxylic acids is 1. The van der Waals surface area contributed by atoms with Gasteiger partial charge in [-0.15, -0.1) is 11.3 Å². The number of carboxylic acid groups (broad SMARTS) is 1. The molecule has 1 aromatic rings. The minimum atomic E-state index is -1.40. The van der Waals surface area contributed by atoms with Gasteiger partial charge in [-0.25, -0.2) is 4.79 Å². The third-order valence-corrected chi connectivity index (χ3v) is 3.06. The van der Waals surface area contributed by atoms with Crippen LogP contribution >= 0.6 is 11.3 Å². The third-order valence-electron chi connectivity index (χ3n) is 2.19. The first-order valence-corrected chi connectivity index (χ1v) is 6.40. The zero-order valence-electron chi connectivity index (χ0n) is 10.3. The number of hydrogen-bond donors (Lipinski definition) is 4. The minimum absolute atomic E-state index is 0.390. The summed E-state index contributed by atoms with van der Waals surface area (Å²) in [6, 6.07) is 1.87. The van der Waals surface area contributed by atoms with Crippen LogP contribution in [0.15, 0.2) is 17.5 Å². The first-order valence-electron chi connectivity index (χ1n) is 5.52. The van der Waals surface area contributed by atoms with Gasteiger partial charge in [-0.05, 0) is 11.4 Å². The van der Waals surface area contributed by atoms with Crippen LogP contribution in [0, 0.1) is 0 Å². The molecule has 0 aliphatic carbocycles. The molecule has 1 atom stereocenters.